The molecule has 0 radical (unpaired) electrons. The first-order chi connectivity index (χ1) is 15.4. The molecule has 0 aliphatic heterocycles. The second-order valence-electron chi connectivity index (χ2n) is 6.69. The Hall–Kier alpha value is -3.40. The molecule has 2 aromatic heterocycles. The zero-order valence-electron chi connectivity index (χ0n) is 16.4. The van der Waals surface area contributed by atoms with Crippen LogP contribution >= 0.6 is 34.5 Å². The SMILES string of the molecule is NC(=O)Cc1cccc(-n2nc(-c3cscn3)cc2NC(=O)Nc2cccc(Cl)c2Cl)c1. The van der Waals surface area contributed by atoms with Crippen LogP contribution in [-0.2, 0) is 11.2 Å². The van der Waals surface area contributed by atoms with E-state index in [1.165, 1.54) is 11.3 Å². The monoisotopic (exact) mass is 486 g/mol. The van der Waals surface area contributed by atoms with Crippen LogP contribution in [0.25, 0.3) is 17.1 Å². The molecule has 32 heavy (non-hydrogen) atoms. The maximum absolute atomic E-state index is 12.7. The number of carbonyl (C=O) groups is 2. The van der Waals surface area contributed by atoms with Crippen molar-refractivity contribution in [3.63, 3.8) is 0 Å². The molecule has 0 aliphatic rings. The summed E-state index contributed by atoms with van der Waals surface area (Å²) in [4.78, 5) is 28.3. The summed E-state index contributed by atoms with van der Waals surface area (Å²) in [6.45, 7) is 0. The van der Waals surface area contributed by atoms with Gasteiger partial charge in [0.1, 0.15) is 17.2 Å². The highest BCUT2D eigenvalue weighted by atomic mass is 35.5. The number of nitrogens with zero attached hydrogens (tertiary/aromatic N) is 3. The van der Waals surface area contributed by atoms with Gasteiger partial charge in [0.05, 0.1) is 33.4 Å². The number of primary amides is 1. The molecular formula is C21H16Cl2N6O2S. The third-order valence-corrected chi connectivity index (χ3v) is 5.78. The molecule has 0 fully saturated rings. The third kappa shape index (κ3) is 4.91. The summed E-state index contributed by atoms with van der Waals surface area (Å²) in [6, 6.07) is 13.3. The van der Waals surface area contributed by atoms with Crippen LogP contribution in [0.2, 0.25) is 10.0 Å². The lowest BCUT2D eigenvalue weighted by Crippen LogP contribution is -2.21. The minimum atomic E-state index is -0.534. The maximum Gasteiger partial charge on any atom is 0.324 e. The molecule has 4 N–H and O–H groups in total. The third-order valence-electron chi connectivity index (χ3n) is 4.38. The summed E-state index contributed by atoms with van der Waals surface area (Å²) in [7, 11) is 0. The van der Waals surface area contributed by atoms with Crippen molar-refractivity contribution in [3.05, 3.63) is 75.0 Å². The molecule has 0 bridgehead atoms. The zero-order valence-corrected chi connectivity index (χ0v) is 18.7. The summed E-state index contributed by atoms with van der Waals surface area (Å²) < 4.78 is 1.55. The number of nitrogens with one attached hydrogen (secondary N) is 2. The molecule has 11 heteroatoms. The van der Waals surface area contributed by atoms with E-state index >= 15 is 0 Å². The van der Waals surface area contributed by atoms with E-state index in [-0.39, 0.29) is 11.4 Å². The fourth-order valence-corrected chi connectivity index (χ4v) is 3.89. The van der Waals surface area contributed by atoms with Gasteiger partial charge in [-0.15, -0.1) is 11.3 Å². The van der Waals surface area contributed by atoms with E-state index in [1.807, 2.05) is 5.38 Å². The van der Waals surface area contributed by atoms with Crippen LogP contribution in [0.15, 0.2) is 59.4 Å². The van der Waals surface area contributed by atoms with Crippen molar-refractivity contribution in [2.24, 2.45) is 5.73 Å². The molecule has 0 saturated carbocycles. The van der Waals surface area contributed by atoms with Crippen LogP contribution in [0.5, 0.6) is 0 Å². The lowest BCUT2D eigenvalue weighted by molar-refractivity contribution is -0.117. The van der Waals surface area contributed by atoms with Crippen LogP contribution in [0.1, 0.15) is 5.56 Å². The number of carbonyl (C=O) groups excluding carboxylic acids is 2. The highest BCUT2D eigenvalue weighted by Gasteiger charge is 2.16. The van der Waals surface area contributed by atoms with E-state index in [2.05, 4.69) is 20.7 Å². The Labute approximate surface area is 197 Å². The van der Waals surface area contributed by atoms with Crippen molar-refractivity contribution in [1.29, 1.82) is 0 Å². The fourth-order valence-electron chi connectivity index (χ4n) is 3.00. The molecule has 0 aliphatic carbocycles. The highest BCUT2D eigenvalue weighted by molar-refractivity contribution is 7.07. The molecule has 0 saturated heterocycles. The molecule has 0 unspecified atom stereocenters. The Bertz CT molecular complexity index is 1290. The predicted octanol–water partition coefficient (Wildman–Crippen LogP) is 4.97. The molecule has 0 spiro atoms. The number of benzene rings is 2. The van der Waals surface area contributed by atoms with Crippen LogP contribution in [-0.4, -0.2) is 26.7 Å². The summed E-state index contributed by atoms with van der Waals surface area (Å²) >= 11 is 13.6. The Morgan fingerprint density at radius 3 is 2.62 bits per heavy atom. The standard InChI is InChI=1S/C21H16Cl2N6O2S/c22-14-5-2-6-15(20(14)23)26-21(31)27-19-9-16(17-10-32-11-25-17)28-29(19)13-4-1-3-12(7-13)8-18(24)30/h1-7,9-11H,8H2,(H2,24,30)(H2,26,27,31). The number of rotatable bonds is 6. The second kappa shape index (κ2) is 9.39. The minimum absolute atomic E-state index is 0.0879. The Kier molecular flexibility index (Phi) is 6.40. The van der Waals surface area contributed by atoms with Gasteiger partial charge >= 0.3 is 6.03 Å². The van der Waals surface area contributed by atoms with Gasteiger partial charge in [-0.05, 0) is 29.8 Å². The van der Waals surface area contributed by atoms with E-state index in [0.29, 0.717) is 33.6 Å². The van der Waals surface area contributed by atoms with Gasteiger partial charge in [-0.2, -0.15) is 5.10 Å². The second-order valence-corrected chi connectivity index (χ2v) is 8.20. The van der Waals surface area contributed by atoms with Gasteiger partial charge in [-0.3, -0.25) is 10.1 Å². The van der Waals surface area contributed by atoms with Gasteiger partial charge in [0.15, 0.2) is 0 Å². The predicted molar refractivity (Wildman–Crippen MR) is 127 cm³/mol. The molecule has 2 aromatic carbocycles. The molecule has 8 nitrogen and oxygen atoms in total. The van der Waals surface area contributed by atoms with E-state index in [1.54, 1.807) is 58.7 Å². The molecule has 4 rings (SSSR count). The Morgan fingerprint density at radius 1 is 1.06 bits per heavy atom. The van der Waals surface area contributed by atoms with Crippen molar-refractivity contribution < 1.29 is 9.59 Å². The smallest absolute Gasteiger partial charge is 0.324 e. The number of amides is 3. The summed E-state index contributed by atoms with van der Waals surface area (Å²) in [6.07, 6.45) is 0.0879. The summed E-state index contributed by atoms with van der Waals surface area (Å²) in [5, 5.41) is 12.5. The van der Waals surface area contributed by atoms with Gasteiger partial charge in [0.2, 0.25) is 5.91 Å². The van der Waals surface area contributed by atoms with Crippen LogP contribution < -0.4 is 16.4 Å². The highest BCUT2D eigenvalue weighted by Crippen LogP contribution is 2.30. The van der Waals surface area contributed by atoms with E-state index in [4.69, 9.17) is 28.9 Å². The molecule has 162 valence electrons. The van der Waals surface area contributed by atoms with Crippen LogP contribution in [0.4, 0.5) is 16.3 Å². The quantitative estimate of drug-likeness (QED) is 0.356. The van der Waals surface area contributed by atoms with Gasteiger partial charge in [-0.1, -0.05) is 41.4 Å². The molecular weight excluding hydrogens is 471 g/mol. The number of anilines is 2. The van der Waals surface area contributed by atoms with Gasteiger partial charge < -0.3 is 11.1 Å². The first kappa shape index (κ1) is 21.8. The number of halogens is 2. The van der Waals surface area contributed by atoms with Gasteiger partial charge in [0.25, 0.3) is 0 Å². The van der Waals surface area contributed by atoms with E-state index < -0.39 is 11.9 Å². The molecule has 3 amide bonds. The molecule has 0 atom stereocenters. The number of hydrogen-bond donors (Lipinski definition) is 3. The molecule has 2 heterocycles. The topological polar surface area (TPSA) is 115 Å². The van der Waals surface area contributed by atoms with Crippen molar-refractivity contribution in [2.45, 2.75) is 6.42 Å². The summed E-state index contributed by atoms with van der Waals surface area (Å²) in [5.41, 5.74) is 9.99. The van der Waals surface area contributed by atoms with Crippen molar-refractivity contribution in [1.82, 2.24) is 14.8 Å². The fraction of sp³-hybridized carbons (Fsp3) is 0.0476. The van der Waals surface area contributed by atoms with Crippen molar-refractivity contribution >= 4 is 58.0 Å². The van der Waals surface area contributed by atoms with Crippen molar-refractivity contribution in [3.8, 4) is 17.1 Å². The largest absolute Gasteiger partial charge is 0.369 e. The van der Waals surface area contributed by atoms with Gasteiger partial charge in [0, 0.05) is 11.4 Å². The zero-order chi connectivity index (χ0) is 22.7. The maximum atomic E-state index is 12.7. The lowest BCUT2D eigenvalue weighted by Gasteiger charge is -2.12. The number of hydrogen-bond acceptors (Lipinski definition) is 5. The van der Waals surface area contributed by atoms with Crippen LogP contribution in [0.3, 0.4) is 0 Å². The van der Waals surface area contributed by atoms with E-state index in [0.717, 1.165) is 5.56 Å². The molecule has 4 aromatic rings. The number of urea groups is 1. The van der Waals surface area contributed by atoms with E-state index in [9.17, 15) is 9.59 Å². The normalized spacial score (nSPS) is 10.7. The number of aromatic nitrogens is 3. The first-order valence-electron chi connectivity index (χ1n) is 9.29. The average molecular weight is 487 g/mol. The number of thiazole rings is 1. The van der Waals surface area contributed by atoms with Crippen molar-refractivity contribution in [2.75, 3.05) is 10.6 Å². The average Bonchev–Trinajstić information content (AvgIpc) is 3.41. The Balaban J connectivity index is 1.67. The van der Waals surface area contributed by atoms with Crippen LogP contribution in [0, 0.1) is 0 Å². The van der Waals surface area contributed by atoms with Gasteiger partial charge in [-0.25, -0.2) is 14.5 Å². The summed E-state index contributed by atoms with van der Waals surface area (Å²) in [5.74, 6) is -0.0539. The number of nitrogens with two attached hydrogens (primary N) is 1. The first-order valence-corrected chi connectivity index (χ1v) is 11.0. The lowest BCUT2D eigenvalue weighted by atomic mass is 10.1. The minimum Gasteiger partial charge on any atom is -0.369 e. The Morgan fingerprint density at radius 2 is 1.88 bits per heavy atom.